The molecule has 0 aromatic heterocycles. The second kappa shape index (κ2) is 16.6. The van der Waals surface area contributed by atoms with Crippen molar-refractivity contribution >= 4 is 29.8 Å². The van der Waals surface area contributed by atoms with Gasteiger partial charge in [0.25, 0.3) is 0 Å². The maximum Gasteiger partial charge on any atom is 0.303 e. The molecular weight excluding hydrogens is 602 g/mol. The van der Waals surface area contributed by atoms with Crippen LogP contribution in [0.1, 0.15) is 40.2 Å². The van der Waals surface area contributed by atoms with E-state index in [0.29, 0.717) is 0 Å². The Hall–Kier alpha value is -3.67. The number of carbonyl (C=O) groups is 5. The third-order valence-corrected chi connectivity index (χ3v) is 6.72. The molecule has 45 heavy (non-hydrogen) atoms. The van der Waals surface area contributed by atoms with E-state index in [-0.39, 0.29) is 6.61 Å². The molecule has 2 saturated heterocycles. The van der Waals surface area contributed by atoms with Crippen LogP contribution in [-0.2, 0) is 68.5 Å². The summed E-state index contributed by atoms with van der Waals surface area (Å²) in [7, 11) is 0. The van der Waals surface area contributed by atoms with Crippen molar-refractivity contribution in [2.24, 2.45) is 0 Å². The Kier molecular flexibility index (Phi) is 13.2. The maximum absolute atomic E-state index is 12.3. The number of amides is 1. The van der Waals surface area contributed by atoms with Crippen molar-refractivity contribution in [3.63, 3.8) is 0 Å². The smallest absolute Gasteiger partial charge is 0.303 e. The van der Waals surface area contributed by atoms with Crippen LogP contribution in [0.2, 0.25) is 0 Å². The molecule has 2 heterocycles. The van der Waals surface area contributed by atoms with Crippen molar-refractivity contribution in [1.82, 2.24) is 5.32 Å². The SMILES string of the molecule is CC(=O)N[C@H]1[C@@H](OCc2ccccc2)O[C@H](CO)[C@H](O)[C@@H]1O[C@@H]1O[C@H](COC(C)=O)[C@H](OC(C)=O)[C@H](OC(C)=O)[C@H]1OC(C)=O. The molecule has 0 bridgehead atoms. The average molecular weight is 642 g/mol. The topological polar surface area (TPSA) is 212 Å². The highest BCUT2D eigenvalue weighted by atomic mass is 16.7. The zero-order chi connectivity index (χ0) is 33.3. The highest BCUT2D eigenvalue weighted by Crippen LogP contribution is 2.34. The summed E-state index contributed by atoms with van der Waals surface area (Å²) in [5.41, 5.74) is 0.756. The van der Waals surface area contributed by atoms with Gasteiger partial charge in [-0.2, -0.15) is 0 Å². The first-order chi connectivity index (χ1) is 21.3. The Morgan fingerprint density at radius 3 is 1.89 bits per heavy atom. The van der Waals surface area contributed by atoms with Crippen LogP contribution in [0.5, 0.6) is 0 Å². The zero-order valence-corrected chi connectivity index (χ0v) is 25.5. The van der Waals surface area contributed by atoms with Crippen molar-refractivity contribution in [3.05, 3.63) is 35.9 Å². The summed E-state index contributed by atoms with van der Waals surface area (Å²) in [6, 6.07) is 7.76. The molecule has 1 aromatic rings. The molecule has 3 N–H and O–H groups in total. The molecule has 0 aliphatic carbocycles. The van der Waals surface area contributed by atoms with Crippen molar-refractivity contribution < 1.29 is 72.1 Å². The minimum absolute atomic E-state index is 0.0155. The van der Waals surface area contributed by atoms with E-state index in [1.807, 2.05) is 6.07 Å². The van der Waals surface area contributed by atoms with Gasteiger partial charge in [-0.3, -0.25) is 24.0 Å². The van der Waals surface area contributed by atoms with Crippen molar-refractivity contribution in [2.45, 2.75) is 103 Å². The first-order valence-electron chi connectivity index (χ1n) is 14.1. The van der Waals surface area contributed by atoms with Crippen molar-refractivity contribution in [1.29, 1.82) is 0 Å². The number of benzene rings is 1. The monoisotopic (exact) mass is 641 g/mol. The van der Waals surface area contributed by atoms with Gasteiger partial charge >= 0.3 is 23.9 Å². The fourth-order valence-corrected chi connectivity index (χ4v) is 4.97. The molecule has 0 unspecified atom stereocenters. The second-order valence-corrected chi connectivity index (χ2v) is 10.4. The molecule has 1 aromatic carbocycles. The lowest BCUT2D eigenvalue weighted by Crippen LogP contribution is -2.68. The van der Waals surface area contributed by atoms with Crippen LogP contribution in [0, 0.1) is 0 Å². The lowest BCUT2D eigenvalue weighted by molar-refractivity contribution is -0.347. The Bertz CT molecular complexity index is 1180. The lowest BCUT2D eigenvalue weighted by Gasteiger charge is -2.48. The van der Waals surface area contributed by atoms with Crippen LogP contribution >= 0.6 is 0 Å². The Labute approximate surface area is 259 Å². The van der Waals surface area contributed by atoms with Gasteiger partial charge < -0.3 is 53.4 Å². The van der Waals surface area contributed by atoms with Gasteiger partial charge in [0.1, 0.15) is 37.1 Å². The van der Waals surface area contributed by atoms with Gasteiger partial charge in [0.2, 0.25) is 5.91 Å². The molecule has 0 saturated carbocycles. The molecule has 2 fully saturated rings. The van der Waals surface area contributed by atoms with E-state index in [1.54, 1.807) is 24.3 Å². The van der Waals surface area contributed by atoms with E-state index in [0.717, 1.165) is 33.3 Å². The van der Waals surface area contributed by atoms with E-state index in [1.165, 1.54) is 6.92 Å². The Morgan fingerprint density at radius 2 is 1.33 bits per heavy atom. The Morgan fingerprint density at radius 1 is 0.756 bits per heavy atom. The summed E-state index contributed by atoms with van der Waals surface area (Å²) >= 11 is 0. The molecule has 10 atom stereocenters. The highest BCUT2D eigenvalue weighted by molar-refractivity contribution is 5.73. The number of hydrogen-bond acceptors (Lipinski definition) is 15. The predicted molar refractivity (Wildman–Crippen MR) is 147 cm³/mol. The summed E-state index contributed by atoms with van der Waals surface area (Å²) in [5, 5.41) is 23.9. The fourth-order valence-electron chi connectivity index (χ4n) is 4.97. The molecule has 0 radical (unpaired) electrons. The third-order valence-electron chi connectivity index (χ3n) is 6.72. The molecular formula is C29H39NO15. The molecule has 2 aliphatic heterocycles. The zero-order valence-electron chi connectivity index (χ0n) is 25.5. The first kappa shape index (κ1) is 35.8. The fraction of sp³-hybridized carbons (Fsp3) is 0.621. The van der Waals surface area contributed by atoms with E-state index < -0.39 is 104 Å². The van der Waals surface area contributed by atoms with Gasteiger partial charge in [0.15, 0.2) is 30.9 Å². The van der Waals surface area contributed by atoms with Crippen LogP contribution < -0.4 is 5.32 Å². The van der Waals surface area contributed by atoms with Crippen LogP contribution in [0.25, 0.3) is 0 Å². The van der Waals surface area contributed by atoms with E-state index in [9.17, 15) is 34.2 Å². The van der Waals surface area contributed by atoms with Gasteiger partial charge in [-0.25, -0.2) is 0 Å². The second-order valence-electron chi connectivity index (χ2n) is 10.4. The molecule has 250 valence electrons. The molecule has 3 rings (SSSR count). The largest absolute Gasteiger partial charge is 0.463 e. The van der Waals surface area contributed by atoms with Crippen molar-refractivity contribution in [3.8, 4) is 0 Å². The van der Waals surface area contributed by atoms with Gasteiger partial charge in [-0.1, -0.05) is 30.3 Å². The van der Waals surface area contributed by atoms with Gasteiger partial charge in [0, 0.05) is 34.6 Å². The van der Waals surface area contributed by atoms with Gasteiger partial charge in [-0.15, -0.1) is 0 Å². The first-order valence-corrected chi connectivity index (χ1v) is 14.1. The van der Waals surface area contributed by atoms with E-state index in [2.05, 4.69) is 5.32 Å². The predicted octanol–water partition coefficient (Wildman–Crippen LogP) is -0.746. The maximum atomic E-state index is 12.3. The molecule has 16 heteroatoms. The quantitative estimate of drug-likeness (QED) is 0.189. The van der Waals surface area contributed by atoms with Crippen LogP contribution in [0.4, 0.5) is 0 Å². The summed E-state index contributed by atoms with van der Waals surface area (Å²) in [4.78, 5) is 60.3. The minimum atomic E-state index is -1.69. The third kappa shape index (κ3) is 10.2. The summed E-state index contributed by atoms with van der Waals surface area (Å²) in [6.45, 7) is 4.38. The van der Waals surface area contributed by atoms with E-state index in [4.69, 9.17) is 37.9 Å². The molecule has 0 spiro atoms. The molecule has 2 aliphatic rings. The average Bonchev–Trinajstić information content (AvgIpc) is 2.96. The van der Waals surface area contributed by atoms with Crippen molar-refractivity contribution in [2.75, 3.05) is 13.2 Å². The number of hydrogen-bond donors (Lipinski definition) is 3. The van der Waals surface area contributed by atoms with E-state index >= 15 is 0 Å². The number of aliphatic hydroxyl groups is 2. The standard InChI is InChI=1S/C29H39NO15/c1-14(32)30-22-25(23(37)20(11-31)43-28(22)39-12-19-9-7-6-8-10-19)45-29-27(42-18(5)36)26(41-17(4)35)24(40-16(3)34)21(44-29)13-38-15(2)33/h6-10,20-29,31,37H,11-13H2,1-5H3,(H,30,32)/t20-,21-,22-,23+,24+,25-,26+,27-,28+,29+/m1/s1. The summed E-state index contributed by atoms with van der Waals surface area (Å²) in [5.74, 6) is -3.79. The van der Waals surface area contributed by atoms with Crippen LogP contribution in [0.15, 0.2) is 30.3 Å². The number of carbonyl (C=O) groups excluding carboxylic acids is 5. The summed E-state index contributed by atoms with van der Waals surface area (Å²) in [6.07, 6.45) is -13.2. The highest BCUT2D eigenvalue weighted by Gasteiger charge is 2.56. The van der Waals surface area contributed by atoms with Gasteiger partial charge in [-0.05, 0) is 5.56 Å². The molecule has 1 amide bonds. The van der Waals surface area contributed by atoms with Crippen LogP contribution in [-0.4, -0.2) is 115 Å². The number of ether oxygens (including phenoxy) is 8. The van der Waals surface area contributed by atoms with Crippen LogP contribution in [0.3, 0.4) is 0 Å². The number of aliphatic hydroxyl groups excluding tert-OH is 2. The molecule has 16 nitrogen and oxygen atoms in total. The number of esters is 4. The minimum Gasteiger partial charge on any atom is -0.463 e. The number of rotatable bonds is 12. The number of nitrogens with one attached hydrogen (secondary N) is 1. The Balaban J connectivity index is 2.03. The van der Waals surface area contributed by atoms with Gasteiger partial charge in [0.05, 0.1) is 13.2 Å². The normalized spacial score (nSPS) is 31.3. The summed E-state index contributed by atoms with van der Waals surface area (Å²) < 4.78 is 45.2. The lowest BCUT2D eigenvalue weighted by atomic mass is 9.95.